The minimum absolute atomic E-state index is 0.00748. The van der Waals surface area contributed by atoms with Crippen LogP contribution in [0.5, 0.6) is 0 Å². The number of nitrogens with one attached hydrogen (secondary N) is 1. The first kappa shape index (κ1) is 16.1. The summed E-state index contributed by atoms with van der Waals surface area (Å²) in [5, 5.41) is 7.24. The zero-order valence-corrected chi connectivity index (χ0v) is 13.4. The van der Waals surface area contributed by atoms with Gasteiger partial charge in [0.1, 0.15) is 11.4 Å². The summed E-state index contributed by atoms with van der Waals surface area (Å²) in [6.07, 6.45) is 1.06. The van der Waals surface area contributed by atoms with E-state index in [4.69, 9.17) is 11.6 Å². The number of imide groups is 1. The smallest absolute Gasteiger partial charge is 0.318 e. The van der Waals surface area contributed by atoms with Crippen LogP contribution in [-0.2, 0) is 10.3 Å². The lowest BCUT2D eigenvalue weighted by molar-refractivity contribution is -0.131. The SMILES string of the molecule is C[C@@]1(c2ccccc2)NC(=O)N(/N=C\c2c(F)cccc2Cl)C1=O. The average Bonchev–Trinajstić information content (AvgIpc) is 2.79. The molecule has 0 bridgehead atoms. The highest BCUT2D eigenvalue weighted by Gasteiger charge is 2.49. The molecule has 1 atom stereocenters. The number of amides is 3. The van der Waals surface area contributed by atoms with Crippen LogP contribution in [0.3, 0.4) is 0 Å². The Morgan fingerprint density at radius 2 is 1.88 bits per heavy atom. The third-order valence-electron chi connectivity index (χ3n) is 3.82. The highest BCUT2D eigenvalue weighted by Crippen LogP contribution is 2.29. The largest absolute Gasteiger partial charge is 0.346 e. The second-order valence-electron chi connectivity index (χ2n) is 5.42. The summed E-state index contributed by atoms with van der Waals surface area (Å²) in [6, 6.07) is 12.3. The third-order valence-corrected chi connectivity index (χ3v) is 4.15. The van der Waals surface area contributed by atoms with Crippen molar-refractivity contribution < 1.29 is 14.0 Å². The van der Waals surface area contributed by atoms with Gasteiger partial charge in [-0.15, -0.1) is 5.01 Å². The molecule has 1 heterocycles. The van der Waals surface area contributed by atoms with Crippen LogP contribution in [0.15, 0.2) is 53.6 Å². The van der Waals surface area contributed by atoms with Crippen molar-refractivity contribution in [1.82, 2.24) is 10.3 Å². The number of urea groups is 1. The van der Waals surface area contributed by atoms with Crippen LogP contribution in [0, 0.1) is 5.82 Å². The molecule has 0 spiro atoms. The maximum absolute atomic E-state index is 13.8. The fraction of sp³-hybridized carbons (Fsp3) is 0.118. The molecule has 1 fully saturated rings. The zero-order valence-electron chi connectivity index (χ0n) is 12.7. The van der Waals surface area contributed by atoms with Crippen LogP contribution in [0.25, 0.3) is 0 Å². The number of halogens is 2. The van der Waals surface area contributed by atoms with E-state index in [1.165, 1.54) is 18.2 Å². The molecule has 24 heavy (non-hydrogen) atoms. The zero-order chi connectivity index (χ0) is 17.3. The lowest BCUT2D eigenvalue weighted by Crippen LogP contribution is -2.40. The summed E-state index contributed by atoms with van der Waals surface area (Å²) in [7, 11) is 0. The van der Waals surface area contributed by atoms with Crippen molar-refractivity contribution in [1.29, 1.82) is 0 Å². The van der Waals surface area contributed by atoms with Gasteiger partial charge < -0.3 is 5.32 Å². The molecule has 5 nitrogen and oxygen atoms in total. The first-order chi connectivity index (χ1) is 11.4. The maximum Gasteiger partial charge on any atom is 0.346 e. The normalized spacial score (nSPS) is 20.7. The van der Waals surface area contributed by atoms with Gasteiger partial charge in [-0.2, -0.15) is 5.10 Å². The Hall–Kier alpha value is -2.73. The number of hydrogen-bond acceptors (Lipinski definition) is 3. The highest BCUT2D eigenvalue weighted by atomic mass is 35.5. The lowest BCUT2D eigenvalue weighted by atomic mass is 9.92. The Kier molecular flexibility index (Phi) is 4.07. The van der Waals surface area contributed by atoms with Gasteiger partial charge in [0.05, 0.1) is 11.2 Å². The lowest BCUT2D eigenvalue weighted by Gasteiger charge is -2.20. The predicted molar refractivity (Wildman–Crippen MR) is 88.2 cm³/mol. The predicted octanol–water partition coefficient (Wildman–Crippen LogP) is 3.28. The molecule has 0 radical (unpaired) electrons. The summed E-state index contributed by atoms with van der Waals surface area (Å²) in [5.74, 6) is -1.15. The number of benzene rings is 2. The van der Waals surface area contributed by atoms with E-state index in [0.717, 1.165) is 6.21 Å². The van der Waals surface area contributed by atoms with Crippen molar-refractivity contribution in [2.24, 2.45) is 5.10 Å². The van der Waals surface area contributed by atoms with Crippen LogP contribution in [0.4, 0.5) is 9.18 Å². The number of hydrazone groups is 1. The van der Waals surface area contributed by atoms with E-state index < -0.39 is 23.3 Å². The van der Waals surface area contributed by atoms with Gasteiger partial charge in [0.2, 0.25) is 0 Å². The van der Waals surface area contributed by atoms with Gasteiger partial charge in [0.25, 0.3) is 5.91 Å². The standard InChI is InChI=1S/C17H13ClFN3O2/c1-17(11-6-3-2-4-7-11)15(23)22(16(24)21-17)20-10-12-13(18)8-5-9-14(12)19/h2-10H,1H3,(H,21,24)/b20-10-/t17-/m0/s1. The molecular weight excluding hydrogens is 333 g/mol. The number of nitrogens with zero attached hydrogens (tertiary/aromatic N) is 2. The van der Waals surface area contributed by atoms with Crippen molar-refractivity contribution in [3.63, 3.8) is 0 Å². The maximum atomic E-state index is 13.8. The number of carbonyl (C=O) groups is 2. The van der Waals surface area contributed by atoms with E-state index in [2.05, 4.69) is 10.4 Å². The molecule has 3 amide bonds. The number of carbonyl (C=O) groups excluding carboxylic acids is 2. The van der Waals surface area contributed by atoms with Crippen LogP contribution >= 0.6 is 11.6 Å². The minimum Gasteiger partial charge on any atom is -0.318 e. The van der Waals surface area contributed by atoms with Crippen LogP contribution < -0.4 is 5.32 Å². The summed E-state index contributed by atoms with van der Waals surface area (Å²) >= 11 is 5.90. The van der Waals surface area contributed by atoms with Gasteiger partial charge in [-0.3, -0.25) is 4.79 Å². The van der Waals surface area contributed by atoms with Gasteiger partial charge in [0, 0.05) is 5.56 Å². The Labute approximate surface area is 142 Å². The second kappa shape index (κ2) is 6.05. The molecule has 1 aliphatic heterocycles. The van der Waals surface area contributed by atoms with Crippen molar-refractivity contribution in [3.05, 3.63) is 70.5 Å². The van der Waals surface area contributed by atoms with E-state index in [1.54, 1.807) is 31.2 Å². The first-order valence-electron chi connectivity index (χ1n) is 7.14. The third kappa shape index (κ3) is 2.65. The average molecular weight is 346 g/mol. The van der Waals surface area contributed by atoms with E-state index >= 15 is 0 Å². The second-order valence-corrected chi connectivity index (χ2v) is 5.83. The first-order valence-corrected chi connectivity index (χ1v) is 7.51. The van der Waals surface area contributed by atoms with Crippen molar-refractivity contribution in [2.45, 2.75) is 12.5 Å². The minimum atomic E-state index is -1.23. The molecule has 1 aliphatic rings. The van der Waals surface area contributed by atoms with Gasteiger partial charge >= 0.3 is 6.03 Å². The molecule has 0 aliphatic carbocycles. The van der Waals surface area contributed by atoms with E-state index in [-0.39, 0.29) is 10.6 Å². The molecule has 1 N–H and O–H groups in total. The molecule has 3 rings (SSSR count). The number of rotatable bonds is 3. The summed E-state index contributed by atoms with van der Waals surface area (Å²) < 4.78 is 13.8. The monoisotopic (exact) mass is 345 g/mol. The molecule has 2 aromatic carbocycles. The Morgan fingerprint density at radius 3 is 2.54 bits per heavy atom. The van der Waals surface area contributed by atoms with E-state index in [0.29, 0.717) is 10.6 Å². The summed E-state index contributed by atoms with van der Waals surface area (Å²) in [6.45, 7) is 1.59. The van der Waals surface area contributed by atoms with Gasteiger partial charge in [-0.05, 0) is 24.6 Å². The van der Waals surface area contributed by atoms with Crippen molar-refractivity contribution >= 4 is 29.8 Å². The van der Waals surface area contributed by atoms with Gasteiger partial charge in [0.15, 0.2) is 0 Å². The molecule has 1 saturated heterocycles. The molecule has 7 heteroatoms. The van der Waals surface area contributed by atoms with Crippen LogP contribution in [0.1, 0.15) is 18.1 Å². The summed E-state index contributed by atoms with van der Waals surface area (Å²) in [4.78, 5) is 24.7. The van der Waals surface area contributed by atoms with Crippen molar-refractivity contribution in [2.75, 3.05) is 0 Å². The van der Waals surface area contributed by atoms with E-state index in [9.17, 15) is 14.0 Å². The molecular formula is C17H13ClFN3O2. The Balaban J connectivity index is 1.92. The highest BCUT2D eigenvalue weighted by molar-refractivity contribution is 6.33. The van der Waals surface area contributed by atoms with Crippen LogP contribution in [0.2, 0.25) is 5.02 Å². The fourth-order valence-corrected chi connectivity index (χ4v) is 2.66. The van der Waals surface area contributed by atoms with Crippen molar-refractivity contribution in [3.8, 4) is 0 Å². The molecule has 2 aromatic rings. The Bertz CT molecular complexity index is 821. The van der Waals surface area contributed by atoms with Gasteiger partial charge in [-0.25, -0.2) is 9.18 Å². The van der Waals surface area contributed by atoms with Gasteiger partial charge in [-0.1, -0.05) is 48.0 Å². The van der Waals surface area contributed by atoms with Crippen LogP contribution in [-0.4, -0.2) is 23.2 Å². The molecule has 0 saturated carbocycles. The molecule has 0 unspecified atom stereocenters. The molecule has 122 valence electrons. The summed E-state index contributed by atoms with van der Waals surface area (Å²) in [5.41, 5.74) is -0.590. The molecule has 0 aromatic heterocycles. The Morgan fingerprint density at radius 1 is 1.17 bits per heavy atom. The van der Waals surface area contributed by atoms with E-state index in [1.807, 2.05) is 6.07 Å². The number of hydrogen-bond donors (Lipinski definition) is 1. The fourth-order valence-electron chi connectivity index (χ4n) is 2.45. The topological polar surface area (TPSA) is 61.8 Å². The quantitative estimate of drug-likeness (QED) is 0.685.